The summed E-state index contributed by atoms with van der Waals surface area (Å²) in [6.45, 7) is 2.34. The molecular weight excluding hydrogens is 344 g/mol. The SMILES string of the molecule is COc1cc(CN2CCCC2C(=O)NCC2CCCCC2)cc(OC)c1O. The number of benzene rings is 1. The van der Waals surface area contributed by atoms with Crippen LogP contribution < -0.4 is 14.8 Å². The molecule has 6 nitrogen and oxygen atoms in total. The van der Waals surface area contributed by atoms with Crippen LogP contribution in [0, 0.1) is 5.92 Å². The lowest BCUT2D eigenvalue weighted by Crippen LogP contribution is -2.44. The van der Waals surface area contributed by atoms with E-state index in [9.17, 15) is 9.90 Å². The van der Waals surface area contributed by atoms with Gasteiger partial charge in [0.25, 0.3) is 0 Å². The van der Waals surface area contributed by atoms with E-state index in [4.69, 9.17) is 9.47 Å². The molecule has 1 atom stereocenters. The number of carbonyl (C=O) groups excluding carboxylic acids is 1. The van der Waals surface area contributed by atoms with E-state index in [1.54, 1.807) is 0 Å². The number of amides is 1. The highest BCUT2D eigenvalue weighted by Crippen LogP contribution is 2.37. The fraction of sp³-hybridized carbons (Fsp3) is 0.667. The molecule has 0 aromatic heterocycles. The maximum Gasteiger partial charge on any atom is 0.237 e. The molecule has 1 aromatic carbocycles. The normalized spacial score (nSPS) is 21.2. The highest BCUT2D eigenvalue weighted by molar-refractivity contribution is 5.82. The number of ether oxygens (including phenoxy) is 2. The molecule has 0 radical (unpaired) electrons. The summed E-state index contributed by atoms with van der Waals surface area (Å²) in [5.74, 6) is 1.58. The van der Waals surface area contributed by atoms with Crippen molar-refractivity contribution in [3.8, 4) is 17.2 Å². The average molecular weight is 376 g/mol. The van der Waals surface area contributed by atoms with Crippen molar-refractivity contribution in [2.45, 2.75) is 57.5 Å². The minimum atomic E-state index is -0.0839. The third-order valence-electron chi connectivity index (χ3n) is 5.88. The molecule has 2 aliphatic rings. The van der Waals surface area contributed by atoms with Gasteiger partial charge < -0.3 is 19.9 Å². The topological polar surface area (TPSA) is 71.0 Å². The van der Waals surface area contributed by atoms with Gasteiger partial charge in [-0.25, -0.2) is 0 Å². The number of aromatic hydroxyl groups is 1. The molecule has 1 aliphatic carbocycles. The lowest BCUT2D eigenvalue weighted by Gasteiger charge is -2.26. The van der Waals surface area contributed by atoms with Gasteiger partial charge in [-0.15, -0.1) is 0 Å². The summed E-state index contributed by atoms with van der Waals surface area (Å²) in [6, 6.07) is 3.54. The Labute approximate surface area is 161 Å². The number of phenols is 1. The van der Waals surface area contributed by atoms with Gasteiger partial charge in [-0.3, -0.25) is 9.69 Å². The average Bonchev–Trinajstić information content (AvgIpc) is 3.16. The van der Waals surface area contributed by atoms with E-state index in [0.29, 0.717) is 24.0 Å². The van der Waals surface area contributed by atoms with Gasteiger partial charge >= 0.3 is 0 Å². The minimum Gasteiger partial charge on any atom is -0.502 e. The van der Waals surface area contributed by atoms with Crippen molar-refractivity contribution >= 4 is 5.91 Å². The van der Waals surface area contributed by atoms with Crippen LogP contribution in [0.3, 0.4) is 0 Å². The zero-order valence-electron chi connectivity index (χ0n) is 16.5. The van der Waals surface area contributed by atoms with Gasteiger partial charge in [-0.05, 0) is 55.8 Å². The van der Waals surface area contributed by atoms with Crippen molar-refractivity contribution < 1.29 is 19.4 Å². The summed E-state index contributed by atoms with van der Waals surface area (Å²) in [5.41, 5.74) is 0.966. The molecule has 1 heterocycles. The second-order valence-electron chi connectivity index (χ2n) is 7.73. The molecule has 1 unspecified atom stereocenters. The maximum atomic E-state index is 12.7. The van der Waals surface area contributed by atoms with Crippen molar-refractivity contribution in [3.05, 3.63) is 17.7 Å². The Kier molecular flexibility index (Phi) is 6.83. The Morgan fingerprint density at radius 1 is 1.11 bits per heavy atom. The fourth-order valence-electron chi connectivity index (χ4n) is 4.34. The summed E-state index contributed by atoms with van der Waals surface area (Å²) >= 11 is 0. The number of nitrogens with one attached hydrogen (secondary N) is 1. The number of phenolic OH excluding ortho intramolecular Hbond substituents is 1. The molecule has 2 fully saturated rings. The first-order valence-corrected chi connectivity index (χ1v) is 10.1. The van der Waals surface area contributed by atoms with E-state index >= 15 is 0 Å². The van der Waals surface area contributed by atoms with E-state index < -0.39 is 0 Å². The predicted molar refractivity (Wildman–Crippen MR) is 104 cm³/mol. The molecule has 1 saturated carbocycles. The van der Waals surface area contributed by atoms with Gasteiger partial charge in [0.05, 0.1) is 20.3 Å². The highest BCUT2D eigenvalue weighted by Gasteiger charge is 2.31. The Balaban J connectivity index is 1.61. The van der Waals surface area contributed by atoms with Crippen molar-refractivity contribution in [1.82, 2.24) is 10.2 Å². The van der Waals surface area contributed by atoms with Crippen LogP contribution in [-0.4, -0.2) is 49.3 Å². The summed E-state index contributed by atoms with van der Waals surface area (Å²) in [7, 11) is 3.05. The first kappa shape index (κ1) is 19.8. The van der Waals surface area contributed by atoms with Gasteiger partial charge in [-0.2, -0.15) is 0 Å². The van der Waals surface area contributed by atoms with E-state index in [0.717, 1.165) is 31.5 Å². The van der Waals surface area contributed by atoms with Crippen LogP contribution in [0.1, 0.15) is 50.5 Å². The highest BCUT2D eigenvalue weighted by atomic mass is 16.5. The number of rotatable bonds is 7. The Morgan fingerprint density at radius 2 is 1.78 bits per heavy atom. The second kappa shape index (κ2) is 9.31. The van der Waals surface area contributed by atoms with E-state index in [1.807, 2.05) is 12.1 Å². The number of nitrogens with zero attached hydrogens (tertiary/aromatic N) is 1. The summed E-state index contributed by atoms with van der Waals surface area (Å²) in [6.07, 6.45) is 8.31. The number of carbonyl (C=O) groups is 1. The standard InChI is InChI=1S/C21H32N2O4/c1-26-18-11-16(12-19(27-2)20(18)24)14-23-10-6-9-17(23)21(25)22-13-15-7-4-3-5-8-15/h11-12,15,17,24H,3-10,13-14H2,1-2H3,(H,22,25). The second-order valence-corrected chi connectivity index (χ2v) is 7.73. The van der Waals surface area contributed by atoms with Crippen LogP contribution in [0.15, 0.2) is 12.1 Å². The van der Waals surface area contributed by atoms with E-state index in [-0.39, 0.29) is 17.7 Å². The fourth-order valence-corrected chi connectivity index (χ4v) is 4.34. The molecule has 150 valence electrons. The van der Waals surface area contributed by atoms with Crippen molar-refractivity contribution in [3.63, 3.8) is 0 Å². The molecule has 0 bridgehead atoms. The van der Waals surface area contributed by atoms with Crippen molar-refractivity contribution in [1.29, 1.82) is 0 Å². The summed E-state index contributed by atoms with van der Waals surface area (Å²) < 4.78 is 10.5. The maximum absolute atomic E-state index is 12.7. The van der Waals surface area contributed by atoms with Crippen LogP contribution in [-0.2, 0) is 11.3 Å². The molecule has 3 rings (SSSR count). The zero-order valence-corrected chi connectivity index (χ0v) is 16.5. The number of methoxy groups -OCH3 is 2. The molecule has 6 heteroatoms. The summed E-state index contributed by atoms with van der Waals surface area (Å²) in [5, 5.41) is 13.3. The van der Waals surface area contributed by atoms with Crippen LogP contribution in [0.4, 0.5) is 0 Å². The van der Waals surface area contributed by atoms with Crippen LogP contribution in [0.2, 0.25) is 0 Å². The molecule has 1 aliphatic heterocycles. The quantitative estimate of drug-likeness (QED) is 0.765. The number of likely N-dealkylation sites (tertiary alicyclic amines) is 1. The first-order chi connectivity index (χ1) is 13.1. The number of hydrogen-bond donors (Lipinski definition) is 2. The Bertz CT molecular complexity index is 618. The molecule has 27 heavy (non-hydrogen) atoms. The lowest BCUT2D eigenvalue weighted by atomic mass is 9.89. The van der Waals surface area contributed by atoms with Crippen LogP contribution in [0.5, 0.6) is 17.2 Å². The van der Waals surface area contributed by atoms with Gasteiger partial charge in [0, 0.05) is 13.1 Å². The molecule has 1 saturated heterocycles. The third kappa shape index (κ3) is 4.86. The predicted octanol–water partition coefficient (Wildman–Crippen LogP) is 3.07. The third-order valence-corrected chi connectivity index (χ3v) is 5.88. The van der Waals surface area contributed by atoms with Crippen molar-refractivity contribution in [2.24, 2.45) is 5.92 Å². The van der Waals surface area contributed by atoms with E-state index in [2.05, 4.69) is 10.2 Å². The van der Waals surface area contributed by atoms with Gasteiger partial charge in [0.2, 0.25) is 11.7 Å². The van der Waals surface area contributed by atoms with Gasteiger partial charge in [0.15, 0.2) is 11.5 Å². The largest absolute Gasteiger partial charge is 0.502 e. The molecule has 1 aromatic rings. The monoisotopic (exact) mass is 376 g/mol. The van der Waals surface area contributed by atoms with Crippen LogP contribution in [0.25, 0.3) is 0 Å². The van der Waals surface area contributed by atoms with Crippen molar-refractivity contribution in [2.75, 3.05) is 27.3 Å². The molecular formula is C21H32N2O4. The van der Waals surface area contributed by atoms with Crippen LogP contribution >= 0.6 is 0 Å². The first-order valence-electron chi connectivity index (χ1n) is 10.1. The van der Waals surface area contributed by atoms with Gasteiger partial charge in [0.1, 0.15) is 0 Å². The smallest absolute Gasteiger partial charge is 0.237 e. The zero-order chi connectivity index (χ0) is 19.2. The molecule has 0 spiro atoms. The van der Waals surface area contributed by atoms with Gasteiger partial charge in [-0.1, -0.05) is 19.3 Å². The molecule has 1 amide bonds. The summed E-state index contributed by atoms with van der Waals surface area (Å²) in [4.78, 5) is 15.0. The number of hydrogen-bond acceptors (Lipinski definition) is 5. The Morgan fingerprint density at radius 3 is 2.41 bits per heavy atom. The Hall–Kier alpha value is -1.95. The molecule has 2 N–H and O–H groups in total. The minimum absolute atomic E-state index is 0.00643. The van der Waals surface area contributed by atoms with E-state index in [1.165, 1.54) is 46.3 Å². The lowest BCUT2D eigenvalue weighted by molar-refractivity contribution is -0.125.